The molecule has 0 amide bonds. The van der Waals surface area contributed by atoms with Crippen LogP contribution in [0.25, 0.3) is 0 Å². The SMILES string of the molecule is O=S(=O)([O-])CC(F)(F)F.O=S(=O)([O-])CC(F)(F)F.O=S(=O)([O-])CC(F)(F)F.[Y+3]. The first-order chi connectivity index (χ1) is 11.1. The molecule has 0 aromatic rings. The molecule has 0 aliphatic heterocycles. The molecule has 0 fully saturated rings. The van der Waals surface area contributed by atoms with Crippen LogP contribution in [-0.2, 0) is 63.1 Å². The second-order valence-corrected chi connectivity index (χ2v) is 8.16. The van der Waals surface area contributed by atoms with Crippen molar-refractivity contribution in [2.45, 2.75) is 18.5 Å². The van der Waals surface area contributed by atoms with E-state index in [2.05, 4.69) is 0 Å². The minimum Gasteiger partial charge on any atom is -0.748 e. The fourth-order valence-corrected chi connectivity index (χ4v) is 1.80. The summed E-state index contributed by atoms with van der Waals surface area (Å²) in [7, 11) is -15.5. The van der Waals surface area contributed by atoms with Crippen molar-refractivity contribution < 1.29 is 111 Å². The van der Waals surface area contributed by atoms with Gasteiger partial charge in [-0.15, -0.1) is 0 Å². The van der Waals surface area contributed by atoms with Gasteiger partial charge in [-0.1, -0.05) is 0 Å². The largest absolute Gasteiger partial charge is 3.00 e. The van der Waals surface area contributed by atoms with E-state index in [-0.39, 0.29) is 32.7 Å². The van der Waals surface area contributed by atoms with Crippen LogP contribution >= 0.6 is 0 Å². The first-order valence-electron chi connectivity index (χ1n) is 5.13. The summed E-state index contributed by atoms with van der Waals surface area (Å²) in [4.78, 5) is 0. The average molecular weight is 578 g/mol. The van der Waals surface area contributed by atoms with Crippen LogP contribution in [0.2, 0.25) is 0 Å². The van der Waals surface area contributed by atoms with Crippen LogP contribution in [0.5, 0.6) is 0 Å². The average Bonchev–Trinajstić information content (AvgIpc) is 1.96. The van der Waals surface area contributed by atoms with Crippen molar-refractivity contribution in [1.29, 1.82) is 0 Å². The van der Waals surface area contributed by atoms with Gasteiger partial charge in [-0.3, -0.25) is 0 Å². The predicted molar refractivity (Wildman–Crippen MR) is 61.9 cm³/mol. The van der Waals surface area contributed by atoms with E-state index in [0.29, 0.717) is 0 Å². The zero-order valence-electron chi connectivity index (χ0n) is 12.5. The quantitative estimate of drug-likeness (QED) is 0.337. The van der Waals surface area contributed by atoms with E-state index in [1.165, 1.54) is 0 Å². The zero-order valence-corrected chi connectivity index (χ0v) is 17.8. The Balaban J connectivity index is -0.000000152. The summed E-state index contributed by atoms with van der Waals surface area (Å²) in [6.45, 7) is 0. The number of alkyl halides is 9. The Bertz CT molecular complexity index is 644. The van der Waals surface area contributed by atoms with Gasteiger partial charge in [-0.2, -0.15) is 39.5 Å². The molecule has 0 aliphatic carbocycles. The smallest absolute Gasteiger partial charge is 0.748 e. The molecule has 0 radical (unpaired) electrons. The van der Waals surface area contributed by atoms with E-state index in [1.54, 1.807) is 0 Å². The molecule has 9 nitrogen and oxygen atoms in total. The summed E-state index contributed by atoms with van der Waals surface area (Å²) in [5.41, 5.74) is 0. The van der Waals surface area contributed by atoms with E-state index in [4.69, 9.17) is 0 Å². The number of halogens is 9. The Hall–Kier alpha value is 0.204. The first-order valence-corrected chi connectivity index (χ1v) is 9.86. The monoisotopic (exact) mass is 578 g/mol. The second-order valence-electron chi connectivity index (χ2n) is 3.95. The van der Waals surface area contributed by atoms with Crippen molar-refractivity contribution in [3.8, 4) is 0 Å². The second kappa shape index (κ2) is 12.2. The first kappa shape index (κ1) is 35.6. The van der Waals surface area contributed by atoms with Gasteiger partial charge in [0.05, 0.1) is 0 Å². The van der Waals surface area contributed by atoms with Crippen molar-refractivity contribution in [2.24, 2.45) is 0 Å². The van der Waals surface area contributed by atoms with Crippen LogP contribution in [0.4, 0.5) is 39.5 Å². The third-order valence-electron chi connectivity index (χ3n) is 1.02. The van der Waals surface area contributed by atoms with Gasteiger partial charge < -0.3 is 13.7 Å². The minimum atomic E-state index is -5.16. The molecular formula is C6H6F9O9S3Y. The van der Waals surface area contributed by atoms with Gasteiger partial charge in [-0.25, -0.2) is 25.3 Å². The van der Waals surface area contributed by atoms with Gasteiger partial charge in [0.25, 0.3) is 0 Å². The van der Waals surface area contributed by atoms with Crippen LogP contribution in [0, 0.1) is 0 Å². The molecule has 0 rings (SSSR count). The number of hydrogen-bond acceptors (Lipinski definition) is 9. The van der Waals surface area contributed by atoms with Gasteiger partial charge in [0.15, 0.2) is 0 Å². The van der Waals surface area contributed by atoms with E-state index < -0.39 is 66.1 Å². The van der Waals surface area contributed by atoms with E-state index in [1.807, 2.05) is 0 Å². The van der Waals surface area contributed by atoms with Crippen molar-refractivity contribution in [3.63, 3.8) is 0 Å². The fraction of sp³-hybridized carbons (Fsp3) is 1.00. The number of rotatable bonds is 3. The summed E-state index contributed by atoms with van der Waals surface area (Å²) < 4.78 is 183. The molecule has 28 heavy (non-hydrogen) atoms. The summed E-state index contributed by atoms with van der Waals surface area (Å²) in [5.74, 6) is -6.88. The van der Waals surface area contributed by atoms with Crippen LogP contribution in [0.15, 0.2) is 0 Å². The summed E-state index contributed by atoms with van der Waals surface area (Å²) in [5, 5.41) is 0. The normalized spacial score (nSPS) is 13.3. The van der Waals surface area contributed by atoms with Gasteiger partial charge >= 0.3 is 51.2 Å². The van der Waals surface area contributed by atoms with Crippen LogP contribution in [0.1, 0.15) is 0 Å². The molecule has 0 aliphatic rings. The Morgan fingerprint density at radius 3 is 0.571 bits per heavy atom. The molecule has 0 saturated carbocycles. The van der Waals surface area contributed by atoms with Crippen molar-refractivity contribution in [1.82, 2.24) is 0 Å². The van der Waals surface area contributed by atoms with E-state index >= 15 is 0 Å². The Kier molecular flexibility index (Phi) is 15.5. The summed E-state index contributed by atoms with van der Waals surface area (Å²) >= 11 is 0. The zero-order chi connectivity index (χ0) is 23.1. The van der Waals surface area contributed by atoms with Crippen molar-refractivity contribution in [2.75, 3.05) is 17.3 Å². The molecule has 168 valence electrons. The van der Waals surface area contributed by atoms with Gasteiger partial charge in [0.2, 0.25) is 0 Å². The predicted octanol–water partition coefficient (Wildman–Crippen LogP) is 0.279. The summed E-state index contributed by atoms with van der Waals surface area (Å²) in [6.07, 6.45) is -14.7. The maximum atomic E-state index is 11.0. The van der Waals surface area contributed by atoms with Gasteiger partial charge in [-0.05, 0) is 0 Å². The molecule has 0 unspecified atom stereocenters. The topological polar surface area (TPSA) is 172 Å². The standard InChI is InChI=1S/3C2H3F3O3S.Y/c3*3-2(4,5)1-9(6,7)8;/h3*1H2,(H,6,7,8);/q;;;+3/p-3. The molecule has 0 N–H and O–H groups in total. The molecule has 0 heterocycles. The summed E-state index contributed by atoms with van der Waals surface area (Å²) in [6, 6.07) is 0. The molecule has 0 aromatic carbocycles. The van der Waals surface area contributed by atoms with Crippen LogP contribution in [0.3, 0.4) is 0 Å². The molecule has 22 heteroatoms. The molecule has 0 aromatic heterocycles. The van der Waals surface area contributed by atoms with E-state index in [9.17, 15) is 78.4 Å². The Labute approximate surface area is 176 Å². The minimum absolute atomic E-state index is 0. The Morgan fingerprint density at radius 1 is 0.464 bits per heavy atom. The van der Waals surface area contributed by atoms with E-state index in [0.717, 1.165) is 0 Å². The van der Waals surface area contributed by atoms with Crippen LogP contribution in [-0.4, -0.2) is 74.7 Å². The fourth-order valence-electron chi connectivity index (χ4n) is 0.601. The molecule has 0 spiro atoms. The van der Waals surface area contributed by atoms with Gasteiger partial charge in [0.1, 0.15) is 47.6 Å². The van der Waals surface area contributed by atoms with Crippen LogP contribution < -0.4 is 0 Å². The number of hydrogen-bond donors (Lipinski definition) is 0. The molecular weight excluding hydrogens is 572 g/mol. The molecule has 0 saturated heterocycles. The molecule has 0 atom stereocenters. The van der Waals surface area contributed by atoms with Crippen molar-refractivity contribution >= 4 is 30.4 Å². The van der Waals surface area contributed by atoms with Gasteiger partial charge in [0, 0.05) is 0 Å². The maximum absolute atomic E-state index is 11.0. The Morgan fingerprint density at radius 2 is 0.571 bits per heavy atom. The van der Waals surface area contributed by atoms with Crippen molar-refractivity contribution in [3.05, 3.63) is 0 Å². The third-order valence-corrected chi connectivity index (χ3v) is 3.06. The third kappa shape index (κ3) is 50.2. The maximum Gasteiger partial charge on any atom is 3.00 e. The molecule has 0 bridgehead atoms.